The summed E-state index contributed by atoms with van der Waals surface area (Å²) in [5, 5.41) is 2.58. The van der Waals surface area contributed by atoms with E-state index in [0.29, 0.717) is 18.9 Å². The maximum Gasteiger partial charge on any atom is 0.261 e. The van der Waals surface area contributed by atoms with Crippen LogP contribution in [0.2, 0.25) is 5.02 Å². The predicted octanol–water partition coefficient (Wildman–Crippen LogP) is 2.40. The number of hydrogen-bond donors (Lipinski definition) is 1. The third-order valence-electron chi connectivity index (χ3n) is 4.01. The van der Waals surface area contributed by atoms with Crippen molar-refractivity contribution in [2.75, 3.05) is 36.4 Å². The maximum absolute atomic E-state index is 13.8. The molecule has 2 heterocycles. The third-order valence-corrected chi connectivity index (χ3v) is 4.32. The summed E-state index contributed by atoms with van der Waals surface area (Å²) in [7, 11) is 0. The summed E-state index contributed by atoms with van der Waals surface area (Å²) in [6.07, 6.45) is 2.48. The molecular weight excluding hydrogens is 347 g/mol. The first-order valence-corrected chi connectivity index (χ1v) is 8.12. The summed E-state index contributed by atoms with van der Waals surface area (Å²) < 4.78 is 13.8. The highest BCUT2D eigenvalue weighted by atomic mass is 35.5. The second kappa shape index (κ2) is 7.48. The van der Waals surface area contributed by atoms with Gasteiger partial charge in [0.2, 0.25) is 6.41 Å². The molecule has 3 rings (SSSR count). The van der Waals surface area contributed by atoms with Crippen molar-refractivity contribution < 1.29 is 14.0 Å². The quantitative estimate of drug-likeness (QED) is 0.848. The van der Waals surface area contributed by atoms with Crippen molar-refractivity contribution in [1.82, 2.24) is 9.88 Å². The number of rotatable bonds is 4. The average molecular weight is 363 g/mol. The minimum absolute atomic E-state index is 0.0437. The van der Waals surface area contributed by atoms with E-state index in [1.165, 1.54) is 18.2 Å². The van der Waals surface area contributed by atoms with Gasteiger partial charge in [-0.15, -0.1) is 0 Å². The standard InChI is InChI=1S/C17H16ClFN4O2/c18-13-2-1-3-14(19)16(13)17(25)21-15-5-4-12(10-20-15)23-8-6-22(11-24)7-9-23/h1-5,10-11H,6-9H2,(H,20,21,25). The molecule has 1 saturated heterocycles. The van der Waals surface area contributed by atoms with E-state index in [-0.39, 0.29) is 10.6 Å². The molecule has 1 aromatic carbocycles. The van der Waals surface area contributed by atoms with Crippen molar-refractivity contribution in [3.63, 3.8) is 0 Å². The van der Waals surface area contributed by atoms with Crippen molar-refractivity contribution >= 4 is 35.4 Å². The number of nitrogens with one attached hydrogen (secondary N) is 1. The summed E-state index contributed by atoms with van der Waals surface area (Å²) >= 11 is 5.88. The van der Waals surface area contributed by atoms with Gasteiger partial charge in [0, 0.05) is 26.2 Å². The summed E-state index contributed by atoms with van der Waals surface area (Å²) in [6.45, 7) is 2.76. The largest absolute Gasteiger partial charge is 0.367 e. The fourth-order valence-corrected chi connectivity index (χ4v) is 2.87. The van der Waals surface area contributed by atoms with Crippen LogP contribution < -0.4 is 10.2 Å². The first kappa shape index (κ1) is 17.2. The molecule has 8 heteroatoms. The molecule has 0 radical (unpaired) electrons. The van der Waals surface area contributed by atoms with E-state index in [0.717, 1.165) is 25.2 Å². The van der Waals surface area contributed by atoms with Crippen LogP contribution in [0, 0.1) is 5.82 Å². The summed E-state index contributed by atoms with van der Waals surface area (Å²) in [4.78, 5) is 30.9. The van der Waals surface area contributed by atoms with Crippen LogP contribution >= 0.6 is 11.6 Å². The molecule has 0 bridgehead atoms. The topological polar surface area (TPSA) is 65.5 Å². The number of carbonyl (C=O) groups excluding carboxylic acids is 2. The van der Waals surface area contributed by atoms with Crippen LogP contribution in [0.25, 0.3) is 0 Å². The highest BCUT2D eigenvalue weighted by Crippen LogP contribution is 2.21. The van der Waals surface area contributed by atoms with E-state index < -0.39 is 11.7 Å². The molecule has 0 aliphatic carbocycles. The van der Waals surface area contributed by atoms with Gasteiger partial charge >= 0.3 is 0 Å². The van der Waals surface area contributed by atoms with Crippen molar-refractivity contribution in [2.24, 2.45) is 0 Å². The number of anilines is 2. The SMILES string of the molecule is O=CN1CCN(c2ccc(NC(=O)c3c(F)cccc3Cl)nc2)CC1. The van der Waals surface area contributed by atoms with Crippen LogP contribution in [-0.2, 0) is 4.79 Å². The van der Waals surface area contributed by atoms with Gasteiger partial charge < -0.3 is 15.1 Å². The lowest BCUT2D eigenvalue weighted by molar-refractivity contribution is -0.118. The zero-order valence-corrected chi connectivity index (χ0v) is 14.0. The zero-order valence-electron chi connectivity index (χ0n) is 13.3. The van der Waals surface area contributed by atoms with Crippen molar-refractivity contribution in [1.29, 1.82) is 0 Å². The van der Waals surface area contributed by atoms with E-state index in [4.69, 9.17) is 11.6 Å². The Balaban J connectivity index is 1.67. The molecule has 2 amide bonds. The molecule has 1 fully saturated rings. The molecule has 1 aromatic heterocycles. The normalized spacial score (nSPS) is 14.3. The molecule has 130 valence electrons. The molecular formula is C17H16ClFN4O2. The average Bonchev–Trinajstić information content (AvgIpc) is 2.62. The molecule has 0 spiro atoms. The van der Waals surface area contributed by atoms with Crippen LogP contribution in [-0.4, -0.2) is 48.4 Å². The molecule has 0 saturated carbocycles. The van der Waals surface area contributed by atoms with Gasteiger partial charge in [0.25, 0.3) is 5.91 Å². The molecule has 1 aliphatic rings. The molecule has 1 aliphatic heterocycles. The molecule has 0 atom stereocenters. The van der Waals surface area contributed by atoms with Crippen molar-refractivity contribution in [3.8, 4) is 0 Å². The van der Waals surface area contributed by atoms with Gasteiger partial charge in [-0.05, 0) is 24.3 Å². The lowest BCUT2D eigenvalue weighted by atomic mass is 10.2. The second-order valence-electron chi connectivity index (χ2n) is 5.58. The van der Waals surface area contributed by atoms with Crippen LogP contribution in [0.1, 0.15) is 10.4 Å². The van der Waals surface area contributed by atoms with Gasteiger partial charge in [-0.3, -0.25) is 9.59 Å². The predicted molar refractivity (Wildman–Crippen MR) is 93.5 cm³/mol. The number of hydrogen-bond acceptors (Lipinski definition) is 4. The minimum Gasteiger partial charge on any atom is -0.367 e. The lowest BCUT2D eigenvalue weighted by Crippen LogP contribution is -2.45. The molecule has 25 heavy (non-hydrogen) atoms. The van der Waals surface area contributed by atoms with Crippen molar-refractivity contribution in [2.45, 2.75) is 0 Å². The summed E-state index contributed by atoms with van der Waals surface area (Å²) in [6, 6.07) is 7.54. The van der Waals surface area contributed by atoms with Gasteiger partial charge in [-0.1, -0.05) is 17.7 Å². The Labute approximate surface area is 149 Å². The second-order valence-corrected chi connectivity index (χ2v) is 5.99. The Kier molecular flexibility index (Phi) is 5.14. The Bertz CT molecular complexity index is 756. The van der Waals surface area contributed by atoms with Gasteiger partial charge in [0.1, 0.15) is 11.6 Å². The fourth-order valence-electron chi connectivity index (χ4n) is 2.63. The van der Waals surface area contributed by atoms with E-state index in [9.17, 15) is 14.0 Å². The smallest absolute Gasteiger partial charge is 0.261 e. The molecule has 2 aromatic rings. The number of amides is 2. The Morgan fingerprint density at radius 1 is 1.20 bits per heavy atom. The molecule has 1 N–H and O–H groups in total. The monoisotopic (exact) mass is 362 g/mol. The van der Waals surface area contributed by atoms with E-state index in [2.05, 4.69) is 15.2 Å². The summed E-state index contributed by atoms with van der Waals surface area (Å²) in [5.41, 5.74) is 0.688. The van der Waals surface area contributed by atoms with E-state index in [1.807, 2.05) is 6.07 Å². The summed E-state index contributed by atoms with van der Waals surface area (Å²) in [5.74, 6) is -1.03. The van der Waals surface area contributed by atoms with E-state index >= 15 is 0 Å². The van der Waals surface area contributed by atoms with Gasteiger partial charge in [0.15, 0.2) is 0 Å². The highest BCUT2D eigenvalue weighted by Gasteiger charge is 2.18. The number of nitrogens with zero attached hydrogens (tertiary/aromatic N) is 3. The number of aromatic nitrogens is 1. The highest BCUT2D eigenvalue weighted by molar-refractivity contribution is 6.34. The first-order valence-electron chi connectivity index (χ1n) is 7.74. The Hall–Kier alpha value is -2.67. The number of benzene rings is 1. The van der Waals surface area contributed by atoms with Gasteiger partial charge in [0.05, 0.1) is 22.5 Å². The van der Waals surface area contributed by atoms with E-state index in [1.54, 1.807) is 17.2 Å². The van der Waals surface area contributed by atoms with Crippen LogP contribution in [0.5, 0.6) is 0 Å². The Morgan fingerprint density at radius 2 is 1.96 bits per heavy atom. The zero-order chi connectivity index (χ0) is 17.8. The van der Waals surface area contributed by atoms with Crippen LogP contribution in [0.3, 0.4) is 0 Å². The molecule has 0 unspecified atom stereocenters. The fraction of sp³-hybridized carbons (Fsp3) is 0.235. The van der Waals surface area contributed by atoms with Crippen LogP contribution in [0.15, 0.2) is 36.5 Å². The first-order chi connectivity index (χ1) is 12.1. The lowest BCUT2D eigenvalue weighted by Gasteiger charge is -2.33. The van der Waals surface area contributed by atoms with Crippen LogP contribution in [0.4, 0.5) is 15.9 Å². The maximum atomic E-state index is 13.8. The number of carbonyl (C=O) groups is 2. The van der Waals surface area contributed by atoms with Crippen molar-refractivity contribution in [3.05, 3.63) is 52.9 Å². The third kappa shape index (κ3) is 3.88. The number of halogens is 2. The minimum atomic E-state index is -0.685. The van der Waals surface area contributed by atoms with Gasteiger partial charge in [-0.25, -0.2) is 9.37 Å². The Morgan fingerprint density at radius 3 is 2.56 bits per heavy atom. The number of piperazine rings is 1. The molecule has 6 nitrogen and oxygen atoms in total. The number of pyridine rings is 1. The van der Waals surface area contributed by atoms with Gasteiger partial charge in [-0.2, -0.15) is 0 Å².